The van der Waals surface area contributed by atoms with E-state index in [0.717, 1.165) is 11.9 Å². The molecule has 0 saturated carbocycles. The van der Waals surface area contributed by atoms with Crippen LogP contribution >= 0.6 is 81.6 Å². The Balaban J connectivity index is 3.23. The summed E-state index contributed by atoms with van der Waals surface area (Å²) in [5, 5.41) is 2.93. The molecule has 1 aromatic rings. The summed E-state index contributed by atoms with van der Waals surface area (Å²) < 4.78 is -1.79. The molecule has 0 unspecified atom stereocenters. The van der Waals surface area contributed by atoms with Crippen molar-refractivity contribution in [2.45, 2.75) is 20.8 Å². The van der Waals surface area contributed by atoms with Crippen LogP contribution in [0.25, 0.3) is 0 Å². The lowest BCUT2D eigenvalue weighted by atomic mass is 10.6. The second kappa shape index (κ2) is 7.99. The monoisotopic (exact) mass is 431 g/mol. The molecule has 0 aliphatic heterocycles. The summed E-state index contributed by atoms with van der Waals surface area (Å²) in [4.78, 5) is 12.4. The van der Waals surface area contributed by atoms with Crippen molar-refractivity contribution in [3.05, 3.63) is 5.82 Å². The van der Waals surface area contributed by atoms with Gasteiger partial charge in [0.1, 0.15) is 0 Å². The minimum absolute atomic E-state index is 0.0168. The zero-order valence-electron chi connectivity index (χ0n) is 10.9. The predicted molar refractivity (Wildman–Crippen MR) is 94.1 cm³/mol. The summed E-state index contributed by atoms with van der Waals surface area (Å²) in [5.74, 6) is 0.477. The van der Waals surface area contributed by atoms with Crippen molar-refractivity contribution in [1.29, 1.82) is 0 Å². The van der Waals surface area contributed by atoms with Gasteiger partial charge in [-0.15, -0.1) is 0 Å². The third-order valence-electron chi connectivity index (χ3n) is 1.94. The van der Waals surface area contributed by atoms with Gasteiger partial charge in [-0.2, -0.15) is 15.0 Å². The number of anilines is 2. The number of hydrogen-bond acceptors (Lipinski definition) is 6. The van der Waals surface area contributed by atoms with Gasteiger partial charge in [0.25, 0.3) is 3.12 Å². The second-order valence-electron chi connectivity index (χ2n) is 3.54. The lowest BCUT2D eigenvalue weighted by molar-refractivity contribution is 0.888. The molecule has 0 amide bonds. The van der Waals surface area contributed by atoms with Crippen LogP contribution in [0.15, 0.2) is 0 Å². The van der Waals surface area contributed by atoms with Crippen LogP contribution in [0.1, 0.15) is 19.7 Å². The van der Waals surface area contributed by atoms with Crippen molar-refractivity contribution < 1.29 is 0 Å². The van der Waals surface area contributed by atoms with E-state index in [9.17, 15) is 0 Å². The number of nitrogens with one attached hydrogen (secondary N) is 1. The van der Waals surface area contributed by atoms with Crippen LogP contribution in [-0.2, 0) is 3.79 Å². The molecule has 12 heteroatoms. The van der Waals surface area contributed by atoms with E-state index in [1.165, 1.54) is 0 Å². The smallest absolute Gasteiger partial charge is 0.256 e. The molecule has 1 aromatic heterocycles. The van der Waals surface area contributed by atoms with E-state index in [-0.39, 0.29) is 17.7 Å². The first-order valence-corrected chi connectivity index (χ1v) is 8.71. The van der Waals surface area contributed by atoms with Crippen LogP contribution in [0.2, 0.25) is 0 Å². The highest BCUT2D eigenvalue weighted by molar-refractivity contribution is 8.05. The summed E-state index contributed by atoms with van der Waals surface area (Å²) in [7, 11) is 0. The zero-order chi connectivity index (χ0) is 16.3. The summed E-state index contributed by atoms with van der Waals surface area (Å²) in [6.07, 6.45) is 0. The molecule has 21 heavy (non-hydrogen) atoms. The van der Waals surface area contributed by atoms with E-state index >= 15 is 0 Å². The van der Waals surface area contributed by atoms with E-state index in [2.05, 4.69) is 20.3 Å². The topological polar surface area (TPSA) is 53.9 Å². The Kier molecular flexibility index (Phi) is 7.52. The molecular weight excluding hydrogens is 423 g/mol. The predicted octanol–water partition coefficient (Wildman–Crippen LogP) is 4.93. The average molecular weight is 434 g/mol. The highest BCUT2D eigenvalue weighted by Gasteiger charge is 2.31. The summed E-state index contributed by atoms with van der Waals surface area (Å²) in [5.41, 5.74) is 0. The standard InChI is InChI=1S/C9H11Cl6N5S/c1-3-16-6-17-5(8(10,11)12)18-7(19-6)20(4-2)21-9(13,14)15/h3-4H2,1-2H3,(H,16,17,18,19). The summed E-state index contributed by atoms with van der Waals surface area (Å²) in [6, 6.07) is 0. The van der Waals surface area contributed by atoms with E-state index in [1.54, 1.807) is 4.31 Å². The van der Waals surface area contributed by atoms with Gasteiger partial charge >= 0.3 is 0 Å². The Morgan fingerprint density at radius 2 is 1.67 bits per heavy atom. The van der Waals surface area contributed by atoms with Gasteiger partial charge in [0, 0.05) is 25.0 Å². The van der Waals surface area contributed by atoms with Crippen molar-refractivity contribution in [2.24, 2.45) is 0 Å². The third-order valence-corrected chi connectivity index (χ3v) is 3.91. The van der Waals surface area contributed by atoms with Gasteiger partial charge < -0.3 is 5.32 Å². The van der Waals surface area contributed by atoms with Crippen LogP contribution in [0, 0.1) is 0 Å². The first kappa shape index (κ1) is 19.7. The largest absolute Gasteiger partial charge is 0.354 e. The Hall–Kier alpha value is 0.700. The van der Waals surface area contributed by atoms with Gasteiger partial charge in [0.05, 0.1) is 0 Å². The molecule has 1 rings (SSSR count). The number of halogens is 6. The van der Waals surface area contributed by atoms with Gasteiger partial charge in [-0.3, -0.25) is 4.31 Å². The lowest BCUT2D eigenvalue weighted by Crippen LogP contribution is -2.23. The van der Waals surface area contributed by atoms with Crippen molar-refractivity contribution in [1.82, 2.24) is 15.0 Å². The number of nitrogens with zero attached hydrogens (tertiary/aromatic N) is 4. The molecular formula is C9H11Cl6N5S. The van der Waals surface area contributed by atoms with E-state index in [1.807, 2.05) is 13.8 Å². The molecule has 0 aliphatic carbocycles. The minimum atomic E-state index is -1.79. The molecule has 0 bridgehead atoms. The number of alkyl halides is 6. The average Bonchev–Trinajstić information content (AvgIpc) is 2.34. The molecule has 1 N–H and O–H groups in total. The van der Waals surface area contributed by atoms with Crippen molar-refractivity contribution in [3.63, 3.8) is 0 Å². The molecule has 0 fully saturated rings. The van der Waals surface area contributed by atoms with Gasteiger partial charge in [0.2, 0.25) is 15.7 Å². The molecule has 1 heterocycles. The normalized spacial score (nSPS) is 12.4. The SMILES string of the molecule is CCNc1nc(N(CC)SC(Cl)(Cl)Cl)nc(C(Cl)(Cl)Cl)n1. The van der Waals surface area contributed by atoms with E-state index in [4.69, 9.17) is 69.6 Å². The highest BCUT2D eigenvalue weighted by Crippen LogP contribution is 2.43. The van der Waals surface area contributed by atoms with Crippen molar-refractivity contribution >= 4 is 93.5 Å². The van der Waals surface area contributed by atoms with Gasteiger partial charge in [-0.25, -0.2) is 0 Å². The number of aromatic nitrogens is 3. The van der Waals surface area contributed by atoms with E-state index < -0.39 is 6.92 Å². The van der Waals surface area contributed by atoms with Crippen LogP contribution in [0.3, 0.4) is 0 Å². The fourth-order valence-electron chi connectivity index (χ4n) is 1.21. The quantitative estimate of drug-likeness (QED) is 0.524. The molecule has 0 spiro atoms. The Bertz CT molecular complexity index is 477. The molecule has 120 valence electrons. The van der Waals surface area contributed by atoms with Crippen LogP contribution < -0.4 is 9.62 Å². The van der Waals surface area contributed by atoms with Crippen molar-refractivity contribution in [3.8, 4) is 0 Å². The maximum absolute atomic E-state index is 5.83. The minimum Gasteiger partial charge on any atom is -0.354 e. The third kappa shape index (κ3) is 6.77. The Morgan fingerprint density at radius 3 is 2.10 bits per heavy atom. The lowest BCUT2D eigenvalue weighted by Gasteiger charge is -2.24. The zero-order valence-corrected chi connectivity index (χ0v) is 16.2. The Morgan fingerprint density at radius 1 is 1.05 bits per heavy atom. The molecule has 0 radical (unpaired) electrons. The fraction of sp³-hybridized carbons (Fsp3) is 0.667. The maximum atomic E-state index is 5.83. The van der Waals surface area contributed by atoms with E-state index in [0.29, 0.717) is 13.1 Å². The molecule has 0 aromatic carbocycles. The van der Waals surface area contributed by atoms with Crippen LogP contribution in [0.5, 0.6) is 0 Å². The number of rotatable bonds is 5. The van der Waals surface area contributed by atoms with Gasteiger partial charge in [-0.05, 0) is 13.8 Å². The van der Waals surface area contributed by atoms with Crippen LogP contribution in [-0.4, -0.2) is 31.2 Å². The number of hydrogen-bond donors (Lipinski definition) is 1. The Labute approximate surface area is 157 Å². The van der Waals surface area contributed by atoms with Crippen LogP contribution in [0.4, 0.5) is 11.9 Å². The summed E-state index contributed by atoms with van der Waals surface area (Å²) >= 11 is 35.7. The first-order chi connectivity index (χ1) is 9.56. The molecule has 0 saturated heterocycles. The van der Waals surface area contributed by atoms with Gasteiger partial charge in [0.15, 0.2) is 5.82 Å². The fourth-order valence-corrected chi connectivity index (χ4v) is 2.76. The maximum Gasteiger partial charge on any atom is 0.256 e. The van der Waals surface area contributed by atoms with Gasteiger partial charge in [-0.1, -0.05) is 69.6 Å². The summed E-state index contributed by atoms with van der Waals surface area (Å²) in [6.45, 7) is 4.78. The highest BCUT2D eigenvalue weighted by atomic mass is 35.6. The van der Waals surface area contributed by atoms with Crippen molar-refractivity contribution in [2.75, 3.05) is 22.7 Å². The first-order valence-electron chi connectivity index (χ1n) is 5.67. The molecule has 5 nitrogen and oxygen atoms in total. The second-order valence-corrected chi connectivity index (χ2v) is 10.0. The molecule has 0 aliphatic rings. The molecule has 0 atom stereocenters.